The fraction of sp³-hybridized carbons (Fsp3) is 0.292. The van der Waals surface area contributed by atoms with E-state index in [0.29, 0.717) is 29.1 Å². The molecule has 5 nitrogen and oxygen atoms in total. The van der Waals surface area contributed by atoms with Crippen LogP contribution in [0, 0.1) is 0 Å². The van der Waals surface area contributed by atoms with Crippen LogP contribution in [0.1, 0.15) is 27.0 Å². The Hall–Kier alpha value is -2.69. The van der Waals surface area contributed by atoms with Gasteiger partial charge in [-0.3, -0.25) is 14.5 Å². The average Bonchev–Trinajstić information content (AvgIpc) is 3.06. The Labute approximate surface area is 205 Å². The normalized spacial score (nSPS) is 18.8. The summed E-state index contributed by atoms with van der Waals surface area (Å²) in [6.07, 6.45) is -2.78. The largest absolute Gasteiger partial charge is 0.416 e. The summed E-state index contributed by atoms with van der Waals surface area (Å²) in [7, 11) is 2.03. The smallest absolute Gasteiger partial charge is 0.336 e. The van der Waals surface area contributed by atoms with E-state index in [2.05, 4.69) is 4.90 Å². The van der Waals surface area contributed by atoms with E-state index in [1.165, 1.54) is 17.0 Å². The van der Waals surface area contributed by atoms with Gasteiger partial charge in [0, 0.05) is 31.7 Å². The minimum Gasteiger partial charge on any atom is -0.336 e. The lowest BCUT2D eigenvalue weighted by atomic mass is 10.1. The molecule has 0 aromatic heterocycles. The summed E-state index contributed by atoms with van der Waals surface area (Å²) in [4.78, 5) is 31.3. The monoisotopic (exact) mass is 505 g/mol. The van der Waals surface area contributed by atoms with Gasteiger partial charge in [-0.1, -0.05) is 48.2 Å². The van der Waals surface area contributed by atoms with Crippen molar-refractivity contribution in [3.05, 3.63) is 75.7 Å². The molecule has 0 N–H and O–H groups in total. The van der Waals surface area contributed by atoms with Gasteiger partial charge in [0.15, 0.2) is 0 Å². The summed E-state index contributed by atoms with van der Waals surface area (Å²) >= 11 is 6.41. The lowest BCUT2D eigenvalue weighted by molar-refractivity contribution is -0.137. The van der Waals surface area contributed by atoms with E-state index in [1.807, 2.05) is 11.9 Å². The lowest BCUT2D eigenvalue weighted by Crippen LogP contribution is -2.47. The van der Waals surface area contributed by atoms with Crippen LogP contribution in [0.5, 0.6) is 0 Å². The average molecular weight is 506 g/mol. The molecule has 0 saturated carbocycles. The Morgan fingerprint density at radius 2 is 1.76 bits per heavy atom. The molecule has 2 heterocycles. The molecule has 2 aromatic carbocycles. The molecule has 10 heteroatoms. The second-order valence-corrected chi connectivity index (χ2v) is 9.86. The number of alkyl halides is 3. The van der Waals surface area contributed by atoms with Crippen molar-refractivity contribution in [3.63, 3.8) is 0 Å². The zero-order valence-electron chi connectivity index (χ0n) is 18.3. The molecule has 2 aliphatic heterocycles. The van der Waals surface area contributed by atoms with E-state index < -0.39 is 11.7 Å². The number of amides is 2. The van der Waals surface area contributed by atoms with Crippen molar-refractivity contribution in [2.45, 2.75) is 12.7 Å². The number of benzene rings is 2. The Morgan fingerprint density at radius 1 is 1.09 bits per heavy atom. The van der Waals surface area contributed by atoms with E-state index in [1.54, 1.807) is 30.3 Å². The highest BCUT2D eigenvalue weighted by Crippen LogP contribution is 2.35. The van der Waals surface area contributed by atoms with Crippen LogP contribution < -0.4 is 0 Å². The summed E-state index contributed by atoms with van der Waals surface area (Å²) in [6, 6.07) is 11.9. The molecule has 2 amide bonds. The number of nitrogens with zero attached hydrogens (tertiary/aromatic N) is 3. The Bertz CT molecular complexity index is 1140. The van der Waals surface area contributed by atoms with Crippen molar-refractivity contribution in [2.24, 2.45) is 0 Å². The van der Waals surface area contributed by atoms with Gasteiger partial charge in [0.2, 0.25) is 0 Å². The number of halogens is 3. The van der Waals surface area contributed by atoms with Crippen molar-refractivity contribution in [1.29, 1.82) is 0 Å². The SMILES string of the molecule is CN1CCN(C(=O)c2ccc(/C=C3\SC(=S)N(Cc4cccc(C(F)(F)F)c4)C3=O)cc2)CC1. The maximum atomic E-state index is 13.0. The Morgan fingerprint density at radius 3 is 2.41 bits per heavy atom. The molecule has 0 unspecified atom stereocenters. The van der Waals surface area contributed by atoms with Crippen molar-refractivity contribution in [3.8, 4) is 0 Å². The van der Waals surface area contributed by atoms with Crippen molar-refractivity contribution < 1.29 is 22.8 Å². The molecule has 0 aliphatic carbocycles. The van der Waals surface area contributed by atoms with Crippen LogP contribution in [0.3, 0.4) is 0 Å². The highest BCUT2D eigenvalue weighted by molar-refractivity contribution is 8.26. The number of thioether (sulfide) groups is 1. The number of rotatable bonds is 4. The van der Waals surface area contributed by atoms with Crippen molar-refractivity contribution in [2.75, 3.05) is 33.2 Å². The zero-order chi connectivity index (χ0) is 24.5. The molecule has 2 aliphatic rings. The first-order chi connectivity index (χ1) is 16.1. The van der Waals surface area contributed by atoms with Crippen LogP contribution >= 0.6 is 24.0 Å². The van der Waals surface area contributed by atoms with Crippen molar-refractivity contribution in [1.82, 2.24) is 14.7 Å². The van der Waals surface area contributed by atoms with Crippen LogP contribution in [0.4, 0.5) is 13.2 Å². The van der Waals surface area contributed by atoms with Crippen LogP contribution in [-0.4, -0.2) is 64.1 Å². The maximum Gasteiger partial charge on any atom is 0.416 e. The first kappa shape index (κ1) is 24.4. The van der Waals surface area contributed by atoms with Gasteiger partial charge in [-0.25, -0.2) is 0 Å². The molecule has 0 bridgehead atoms. The van der Waals surface area contributed by atoms with Gasteiger partial charge in [-0.05, 0) is 48.5 Å². The fourth-order valence-electron chi connectivity index (χ4n) is 3.73. The topological polar surface area (TPSA) is 43.9 Å². The molecule has 0 atom stereocenters. The molecule has 4 rings (SSSR count). The number of likely N-dealkylation sites (N-methyl/N-ethyl adjacent to an activating group) is 1. The first-order valence-corrected chi connectivity index (χ1v) is 11.8. The quantitative estimate of drug-likeness (QED) is 0.453. The van der Waals surface area contributed by atoms with Gasteiger partial charge < -0.3 is 9.80 Å². The number of piperazine rings is 1. The van der Waals surface area contributed by atoms with Gasteiger partial charge in [-0.2, -0.15) is 13.2 Å². The molecule has 0 spiro atoms. The highest BCUT2D eigenvalue weighted by atomic mass is 32.2. The molecular formula is C24H22F3N3O2S2. The van der Waals surface area contributed by atoms with Crippen molar-refractivity contribution >= 4 is 46.2 Å². The summed E-state index contributed by atoms with van der Waals surface area (Å²) in [5, 5.41) is 0. The fourth-order valence-corrected chi connectivity index (χ4v) is 4.99. The molecule has 34 heavy (non-hydrogen) atoms. The Balaban J connectivity index is 1.44. The van der Waals surface area contributed by atoms with Crippen LogP contribution in [0.15, 0.2) is 53.4 Å². The van der Waals surface area contributed by atoms with Gasteiger partial charge in [-0.15, -0.1) is 0 Å². The van der Waals surface area contributed by atoms with E-state index >= 15 is 0 Å². The molecule has 2 aromatic rings. The molecule has 2 fully saturated rings. The molecule has 178 valence electrons. The number of thiocarbonyl (C=S) groups is 1. The third-order valence-electron chi connectivity index (χ3n) is 5.71. The second kappa shape index (κ2) is 9.89. The third kappa shape index (κ3) is 5.51. The molecule has 2 saturated heterocycles. The van der Waals surface area contributed by atoms with E-state index in [9.17, 15) is 22.8 Å². The summed E-state index contributed by atoms with van der Waals surface area (Å²) < 4.78 is 39.3. The minimum absolute atomic E-state index is 0.0212. The predicted octanol–water partition coefficient (Wildman–Crippen LogP) is 4.49. The summed E-state index contributed by atoms with van der Waals surface area (Å²) in [5.41, 5.74) is 0.893. The second-order valence-electron chi connectivity index (χ2n) is 8.18. The lowest BCUT2D eigenvalue weighted by Gasteiger charge is -2.32. The van der Waals surface area contributed by atoms with Gasteiger partial charge in [0.05, 0.1) is 17.0 Å². The molecular weight excluding hydrogens is 483 g/mol. The number of carbonyl (C=O) groups excluding carboxylic acids is 2. The van der Waals surface area contributed by atoms with E-state index in [4.69, 9.17) is 12.2 Å². The highest BCUT2D eigenvalue weighted by Gasteiger charge is 2.34. The standard InChI is InChI=1S/C24H22F3N3O2S2/c1-28-9-11-29(12-10-28)21(31)18-7-5-16(6-8-18)14-20-22(32)30(23(33)34-20)15-17-3-2-4-19(13-17)24(25,26)27/h2-8,13-14H,9-12,15H2,1H3/b20-14-. The van der Waals surface area contributed by atoms with Crippen LogP contribution in [0.2, 0.25) is 0 Å². The zero-order valence-corrected chi connectivity index (χ0v) is 20.0. The minimum atomic E-state index is -4.46. The van der Waals surface area contributed by atoms with Crippen LogP contribution in [0.25, 0.3) is 6.08 Å². The van der Waals surface area contributed by atoms with Gasteiger partial charge in [0.25, 0.3) is 11.8 Å². The molecule has 0 radical (unpaired) electrons. The predicted molar refractivity (Wildman–Crippen MR) is 130 cm³/mol. The van der Waals surface area contributed by atoms with Gasteiger partial charge in [0.1, 0.15) is 4.32 Å². The number of hydrogen-bond donors (Lipinski definition) is 0. The number of hydrogen-bond acceptors (Lipinski definition) is 5. The number of carbonyl (C=O) groups is 2. The maximum absolute atomic E-state index is 13.0. The van der Waals surface area contributed by atoms with Gasteiger partial charge >= 0.3 is 6.18 Å². The Kier molecular flexibility index (Phi) is 7.11. The summed E-state index contributed by atoms with van der Waals surface area (Å²) in [5.74, 6) is -0.378. The van der Waals surface area contributed by atoms with Crippen LogP contribution in [-0.2, 0) is 17.5 Å². The summed E-state index contributed by atoms with van der Waals surface area (Å²) in [6.45, 7) is 3.01. The third-order valence-corrected chi connectivity index (χ3v) is 7.09. The first-order valence-electron chi connectivity index (χ1n) is 10.6. The van der Waals surface area contributed by atoms with E-state index in [0.717, 1.165) is 42.5 Å². The van der Waals surface area contributed by atoms with E-state index in [-0.39, 0.29) is 22.7 Å².